The van der Waals surface area contributed by atoms with E-state index in [4.69, 9.17) is 0 Å². The highest BCUT2D eigenvalue weighted by Crippen LogP contribution is 2.54. The SMILES string of the molecule is O=C(Nc1ccc(N2CCCCC2)cc1)C1CC2CC2C1. The molecule has 3 heteroatoms. The Kier molecular flexibility index (Phi) is 3.36. The molecule has 0 spiro atoms. The summed E-state index contributed by atoms with van der Waals surface area (Å²) in [5.41, 5.74) is 2.23. The van der Waals surface area contributed by atoms with Gasteiger partial charge in [0.2, 0.25) is 5.91 Å². The first-order valence-corrected chi connectivity index (χ1v) is 8.45. The lowest BCUT2D eigenvalue weighted by Gasteiger charge is -2.28. The van der Waals surface area contributed by atoms with E-state index in [-0.39, 0.29) is 11.8 Å². The van der Waals surface area contributed by atoms with E-state index >= 15 is 0 Å². The van der Waals surface area contributed by atoms with Crippen molar-refractivity contribution in [3.05, 3.63) is 24.3 Å². The number of nitrogens with one attached hydrogen (secondary N) is 1. The van der Waals surface area contributed by atoms with Crippen LogP contribution in [0, 0.1) is 17.8 Å². The van der Waals surface area contributed by atoms with Gasteiger partial charge in [-0.2, -0.15) is 0 Å². The van der Waals surface area contributed by atoms with E-state index in [1.54, 1.807) is 0 Å². The highest BCUT2D eigenvalue weighted by Gasteiger charge is 2.47. The standard InChI is InChI=1S/C18H24N2O/c21-18(15-11-13-10-14(13)12-15)19-16-4-6-17(7-5-16)20-8-2-1-3-9-20/h4-7,13-15H,1-3,8-12H2,(H,19,21). The van der Waals surface area contributed by atoms with Crippen molar-refractivity contribution in [1.82, 2.24) is 0 Å². The first-order chi connectivity index (χ1) is 10.3. The fourth-order valence-electron chi connectivity index (χ4n) is 4.08. The van der Waals surface area contributed by atoms with E-state index < -0.39 is 0 Å². The number of amides is 1. The molecule has 1 amide bonds. The second-order valence-electron chi connectivity index (χ2n) is 7.01. The van der Waals surface area contributed by atoms with Crippen LogP contribution in [-0.2, 0) is 4.79 Å². The Hall–Kier alpha value is -1.51. The van der Waals surface area contributed by atoms with Crippen molar-refractivity contribution in [1.29, 1.82) is 0 Å². The lowest BCUT2D eigenvalue weighted by molar-refractivity contribution is -0.120. The molecule has 0 radical (unpaired) electrons. The van der Waals surface area contributed by atoms with Crippen molar-refractivity contribution in [3.8, 4) is 0 Å². The summed E-state index contributed by atoms with van der Waals surface area (Å²) in [5.74, 6) is 2.22. The molecule has 1 saturated heterocycles. The van der Waals surface area contributed by atoms with Crippen LogP contribution in [0.4, 0.5) is 11.4 Å². The van der Waals surface area contributed by atoms with Gasteiger partial charge < -0.3 is 10.2 Å². The molecular formula is C18H24N2O. The largest absolute Gasteiger partial charge is 0.372 e. The monoisotopic (exact) mass is 284 g/mol. The molecule has 3 nitrogen and oxygen atoms in total. The highest BCUT2D eigenvalue weighted by molar-refractivity contribution is 5.93. The minimum atomic E-state index is 0.230. The van der Waals surface area contributed by atoms with Crippen LogP contribution in [0.2, 0.25) is 0 Å². The van der Waals surface area contributed by atoms with Crippen molar-refractivity contribution in [2.75, 3.05) is 23.3 Å². The van der Waals surface area contributed by atoms with Gasteiger partial charge in [0.1, 0.15) is 0 Å². The molecular weight excluding hydrogens is 260 g/mol. The predicted octanol–water partition coefficient (Wildman–Crippen LogP) is 3.66. The third-order valence-corrected chi connectivity index (χ3v) is 5.47. The summed E-state index contributed by atoms with van der Waals surface area (Å²) in [6.45, 7) is 2.33. The molecule has 0 bridgehead atoms. The van der Waals surface area contributed by atoms with Crippen LogP contribution in [0.1, 0.15) is 38.5 Å². The quantitative estimate of drug-likeness (QED) is 0.918. The number of benzene rings is 1. The molecule has 3 aliphatic rings. The van der Waals surface area contributed by atoms with Crippen LogP contribution < -0.4 is 10.2 Å². The molecule has 4 rings (SSSR count). The Balaban J connectivity index is 1.36. The molecule has 1 aliphatic heterocycles. The van der Waals surface area contributed by atoms with Crippen molar-refractivity contribution < 1.29 is 4.79 Å². The Labute approximate surface area is 126 Å². The van der Waals surface area contributed by atoms with E-state index in [2.05, 4.69) is 34.5 Å². The predicted molar refractivity (Wildman–Crippen MR) is 85.5 cm³/mol. The molecule has 21 heavy (non-hydrogen) atoms. The van der Waals surface area contributed by atoms with Gasteiger partial charge in [-0.3, -0.25) is 4.79 Å². The second kappa shape index (κ2) is 5.36. The number of nitrogens with zero attached hydrogens (tertiary/aromatic N) is 1. The highest BCUT2D eigenvalue weighted by atomic mass is 16.1. The van der Waals surface area contributed by atoms with Crippen LogP contribution in [-0.4, -0.2) is 19.0 Å². The van der Waals surface area contributed by atoms with Gasteiger partial charge in [-0.1, -0.05) is 0 Å². The van der Waals surface area contributed by atoms with Crippen molar-refractivity contribution >= 4 is 17.3 Å². The first kappa shape index (κ1) is 13.2. The van der Waals surface area contributed by atoms with Crippen molar-refractivity contribution in [2.45, 2.75) is 38.5 Å². The molecule has 2 saturated carbocycles. The topological polar surface area (TPSA) is 32.3 Å². The summed E-state index contributed by atoms with van der Waals surface area (Å²) in [5, 5.41) is 3.10. The average molecular weight is 284 g/mol. The molecule has 0 aromatic heterocycles. The first-order valence-electron chi connectivity index (χ1n) is 8.45. The van der Waals surface area contributed by atoms with Gasteiger partial charge in [-0.15, -0.1) is 0 Å². The summed E-state index contributed by atoms with van der Waals surface area (Å²) in [6, 6.07) is 8.40. The maximum atomic E-state index is 12.2. The number of fused-ring (bicyclic) bond motifs is 1. The number of piperidine rings is 1. The average Bonchev–Trinajstić information content (AvgIpc) is 3.15. The zero-order chi connectivity index (χ0) is 14.2. The van der Waals surface area contributed by atoms with Gasteiger partial charge in [0.05, 0.1) is 0 Å². The molecule has 1 aromatic rings. The van der Waals surface area contributed by atoms with E-state index in [1.165, 1.54) is 31.4 Å². The van der Waals surface area contributed by atoms with E-state index in [0.717, 1.165) is 43.5 Å². The summed E-state index contributed by atoms with van der Waals surface area (Å²) >= 11 is 0. The zero-order valence-corrected chi connectivity index (χ0v) is 12.6. The second-order valence-corrected chi connectivity index (χ2v) is 7.01. The third-order valence-electron chi connectivity index (χ3n) is 5.47. The van der Waals surface area contributed by atoms with Crippen LogP contribution in [0.3, 0.4) is 0 Å². The summed E-state index contributed by atoms with van der Waals surface area (Å²) in [7, 11) is 0. The van der Waals surface area contributed by atoms with Gasteiger partial charge in [-0.05, 0) is 74.6 Å². The smallest absolute Gasteiger partial charge is 0.227 e. The fourth-order valence-corrected chi connectivity index (χ4v) is 4.08. The van der Waals surface area contributed by atoms with Crippen molar-refractivity contribution in [3.63, 3.8) is 0 Å². The number of carbonyl (C=O) groups is 1. The number of hydrogen-bond acceptors (Lipinski definition) is 2. The molecule has 2 unspecified atom stereocenters. The Morgan fingerprint density at radius 2 is 1.62 bits per heavy atom. The zero-order valence-electron chi connectivity index (χ0n) is 12.6. The van der Waals surface area contributed by atoms with Gasteiger partial charge in [-0.25, -0.2) is 0 Å². The van der Waals surface area contributed by atoms with Gasteiger partial charge in [0.15, 0.2) is 0 Å². The Morgan fingerprint density at radius 1 is 0.952 bits per heavy atom. The Morgan fingerprint density at radius 3 is 2.29 bits per heavy atom. The van der Waals surface area contributed by atoms with Gasteiger partial charge >= 0.3 is 0 Å². The molecule has 1 aromatic carbocycles. The summed E-state index contributed by atoms with van der Waals surface area (Å²) in [4.78, 5) is 14.7. The van der Waals surface area contributed by atoms with Gasteiger partial charge in [0.25, 0.3) is 0 Å². The maximum Gasteiger partial charge on any atom is 0.227 e. The minimum Gasteiger partial charge on any atom is -0.372 e. The molecule has 3 fully saturated rings. The number of hydrogen-bond donors (Lipinski definition) is 1. The molecule has 1 N–H and O–H groups in total. The number of carbonyl (C=O) groups excluding carboxylic acids is 1. The Bertz CT molecular complexity index is 509. The van der Waals surface area contributed by atoms with E-state index in [0.29, 0.717) is 0 Å². The molecule has 1 heterocycles. The summed E-state index contributed by atoms with van der Waals surface area (Å²) < 4.78 is 0. The third kappa shape index (κ3) is 2.78. The van der Waals surface area contributed by atoms with Crippen LogP contribution in [0.15, 0.2) is 24.3 Å². The molecule has 2 aliphatic carbocycles. The fraction of sp³-hybridized carbons (Fsp3) is 0.611. The minimum absolute atomic E-state index is 0.230. The summed E-state index contributed by atoms with van der Waals surface area (Å²) in [6.07, 6.45) is 7.54. The molecule has 112 valence electrons. The van der Waals surface area contributed by atoms with Crippen molar-refractivity contribution in [2.24, 2.45) is 17.8 Å². The number of rotatable bonds is 3. The van der Waals surface area contributed by atoms with Crippen LogP contribution >= 0.6 is 0 Å². The maximum absolute atomic E-state index is 12.2. The van der Waals surface area contributed by atoms with E-state index in [9.17, 15) is 4.79 Å². The normalized spacial score (nSPS) is 30.9. The van der Waals surface area contributed by atoms with Gasteiger partial charge in [0, 0.05) is 30.4 Å². The van der Waals surface area contributed by atoms with Crippen LogP contribution in [0.25, 0.3) is 0 Å². The lowest BCUT2D eigenvalue weighted by atomic mass is 10.0. The lowest BCUT2D eigenvalue weighted by Crippen LogP contribution is -2.29. The van der Waals surface area contributed by atoms with E-state index in [1.807, 2.05) is 0 Å². The number of anilines is 2. The molecule has 2 atom stereocenters. The van der Waals surface area contributed by atoms with Crippen LogP contribution in [0.5, 0.6) is 0 Å².